The lowest BCUT2D eigenvalue weighted by atomic mass is 10.1. The number of hydrogen-bond donors (Lipinski definition) is 3. The lowest BCUT2D eigenvalue weighted by molar-refractivity contribution is -0.117. The molecule has 2 aromatic rings. The van der Waals surface area contributed by atoms with Crippen molar-refractivity contribution in [3.05, 3.63) is 12.7 Å². The van der Waals surface area contributed by atoms with Crippen molar-refractivity contribution in [2.75, 3.05) is 18.8 Å². The maximum absolute atomic E-state index is 11.3. The second kappa shape index (κ2) is 5.45. The molecule has 10 nitrogen and oxygen atoms in total. The Bertz CT molecular complexity index is 795. The van der Waals surface area contributed by atoms with Gasteiger partial charge in [-0.1, -0.05) is 0 Å². The molecule has 24 heavy (non-hydrogen) atoms. The van der Waals surface area contributed by atoms with Crippen LogP contribution in [0, 0.1) is 0 Å². The van der Waals surface area contributed by atoms with Crippen LogP contribution in [0.5, 0.6) is 0 Å². The standard InChI is InChI=1S/C14H18N6O4/c1-6(21)7-2-19(7)3-8-10(22)11(23)14(24-8)20-5-18-9-12(15)16-4-17-13(9)20/h4-5,7-8,10-11,14,22-23H,2-3H2,1H3,(H2,15,16,17)/t7?,8-,10+,11?,14-,19?/m1/s1. The number of anilines is 1. The van der Waals surface area contributed by atoms with Crippen molar-refractivity contribution in [3.63, 3.8) is 0 Å². The van der Waals surface area contributed by atoms with E-state index in [0.717, 1.165) is 0 Å². The van der Waals surface area contributed by atoms with Crippen LogP contribution in [0.1, 0.15) is 13.2 Å². The lowest BCUT2D eigenvalue weighted by Crippen LogP contribution is -2.35. The van der Waals surface area contributed by atoms with Gasteiger partial charge in [0.1, 0.15) is 35.9 Å². The molecule has 2 saturated heterocycles. The number of ether oxygens (including phenoxy) is 1. The third-order valence-corrected chi connectivity index (χ3v) is 4.60. The van der Waals surface area contributed by atoms with E-state index in [4.69, 9.17) is 10.5 Å². The fraction of sp³-hybridized carbons (Fsp3) is 0.571. The van der Waals surface area contributed by atoms with Gasteiger partial charge in [-0.15, -0.1) is 0 Å². The number of aliphatic hydroxyl groups is 2. The lowest BCUT2D eigenvalue weighted by Gasteiger charge is -2.16. The summed E-state index contributed by atoms with van der Waals surface area (Å²) in [5.41, 5.74) is 6.59. The molecule has 2 aromatic heterocycles. The summed E-state index contributed by atoms with van der Waals surface area (Å²) in [4.78, 5) is 25.4. The summed E-state index contributed by atoms with van der Waals surface area (Å²) in [7, 11) is 0. The zero-order valence-corrected chi connectivity index (χ0v) is 13.0. The second-order valence-electron chi connectivity index (χ2n) is 6.21. The molecule has 2 aliphatic rings. The SMILES string of the molecule is CC(=O)C1CN1C[C@H]1O[C@@H](n2cnc3c(N)ncnc32)C(O)[C@H]1O. The minimum Gasteiger partial charge on any atom is -0.387 e. The van der Waals surface area contributed by atoms with E-state index in [-0.39, 0.29) is 17.6 Å². The topological polar surface area (TPSA) is 139 Å². The van der Waals surface area contributed by atoms with Crippen molar-refractivity contribution < 1.29 is 19.7 Å². The van der Waals surface area contributed by atoms with E-state index in [1.165, 1.54) is 24.1 Å². The van der Waals surface area contributed by atoms with Crippen LogP contribution in [0.3, 0.4) is 0 Å². The number of nitrogens with two attached hydrogens (primary N) is 1. The van der Waals surface area contributed by atoms with Gasteiger partial charge in [0.2, 0.25) is 0 Å². The molecule has 0 spiro atoms. The van der Waals surface area contributed by atoms with E-state index in [1.54, 1.807) is 0 Å². The molecular formula is C14H18N6O4. The highest BCUT2D eigenvalue weighted by molar-refractivity contribution is 5.84. The molecule has 10 heteroatoms. The number of ketones is 1. The van der Waals surface area contributed by atoms with Crippen LogP contribution in [0.2, 0.25) is 0 Å². The first kappa shape index (κ1) is 15.4. The van der Waals surface area contributed by atoms with Gasteiger partial charge in [0, 0.05) is 13.1 Å². The molecule has 4 rings (SSSR count). The first-order valence-electron chi connectivity index (χ1n) is 7.66. The minimum absolute atomic E-state index is 0.0902. The molecule has 0 radical (unpaired) electrons. The Kier molecular flexibility index (Phi) is 3.49. The highest BCUT2D eigenvalue weighted by Gasteiger charge is 2.48. The summed E-state index contributed by atoms with van der Waals surface area (Å²) in [6.45, 7) is 2.57. The van der Waals surface area contributed by atoms with E-state index >= 15 is 0 Å². The fourth-order valence-corrected chi connectivity index (χ4v) is 3.16. The molecular weight excluding hydrogens is 316 g/mol. The molecule has 0 saturated carbocycles. The monoisotopic (exact) mass is 334 g/mol. The molecule has 128 valence electrons. The number of nitrogens with zero attached hydrogens (tertiary/aromatic N) is 5. The van der Waals surface area contributed by atoms with Crippen molar-refractivity contribution >= 4 is 22.8 Å². The molecule has 3 unspecified atom stereocenters. The molecule has 0 aromatic carbocycles. The average Bonchev–Trinajstić information content (AvgIpc) is 3.11. The zero-order chi connectivity index (χ0) is 17.0. The van der Waals surface area contributed by atoms with Gasteiger partial charge in [0.25, 0.3) is 0 Å². The first-order chi connectivity index (χ1) is 11.5. The molecule has 6 atom stereocenters. The Labute approximate surface area is 136 Å². The van der Waals surface area contributed by atoms with Crippen LogP contribution >= 0.6 is 0 Å². The van der Waals surface area contributed by atoms with E-state index in [2.05, 4.69) is 15.0 Å². The van der Waals surface area contributed by atoms with Gasteiger partial charge in [-0.25, -0.2) is 15.0 Å². The zero-order valence-electron chi connectivity index (χ0n) is 13.0. The highest BCUT2D eigenvalue weighted by Crippen LogP contribution is 2.33. The summed E-state index contributed by atoms with van der Waals surface area (Å²) in [5, 5.41) is 20.6. The van der Waals surface area contributed by atoms with Crippen molar-refractivity contribution in [2.45, 2.75) is 37.5 Å². The Morgan fingerprint density at radius 2 is 2.17 bits per heavy atom. The van der Waals surface area contributed by atoms with Gasteiger partial charge in [-0.2, -0.15) is 0 Å². The van der Waals surface area contributed by atoms with Gasteiger partial charge < -0.3 is 20.7 Å². The first-order valence-corrected chi connectivity index (χ1v) is 7.66. The van der Waals surface area contributed by atoms with Crippen LogP contribution in [0.25, 0.3) is 11.2 Å². The maximum Gasteiger partial charge on any atom is 0.167 e. The maximum atomic E-state index is 11.3. The van der Waals surface area contributed by atoms with Crippen LogP contribution < -0.4 is 5.73 Å². The molecule has 0 bridgehead atoms. The number of Topliss-reactive ketones (excluding diaryl/α,β-unsaturated/α-hetero) is 1. The average molecular weight is 334 g/mol. The van der Waals surface area contributed by atoms with Crippen molar-refractivity contribution in [2.24, 2.45) is 0 Å². The van der Waals surface area contributed by atoms with Crippen LogP contribution in [0.15, 0.2) is 12.7 Å². The highest BCUT2D eigenvalue weighted by atomic mass is 16.6. The summed E-state index contributed by atoms with van der Waals surface area (Å²) < 4.78 is 7.36. The van der Waals surface area contributed by atoms with Gasteiger partial charge in [-0.3, -0.25) is 14.3 Å². The predicted molar refractivity (Wildman–Crippen MR) is 81.7 cm³/mol. The van der Waals surface area contributed by atoms with E-state index < -0.39 is 24.5 Å². The van der Waals surface area contributed by atoms with Gasteiger partial charge in [0.05, 0.1) is 12.4 Å². The largest absolute Gasteiger partial charge is 0.387 e. The number of hydrogen-bond acceptors (Lipinski definition) is 9. The molecule has 0 amide bonds. The number of carbonyl (C=O) groups is 1. The van der Waals surface area contributed by atoms with Crippen LogP contribution in [-0.2, 0) is 9.53 Å². The number of aromatic nitrogens is 4. The molecule has 4 N–H and O–H groups in total. The summed E-state index contributed by atoms with van der Waals surface area (Å²) in [6, 6.07) is -0.112. The number of nitrogen functional groups attached to an aromatic ring is 1. The number of rotatable bonds is 4. The van der Waals surface area contributed by atoms with Crippen LogP contribution in [0.4, 0.5) is 5.82 Å². The quantitative estimate of drug-likeness (QED) is 0.558. The third kappa shape index (κ3) is 2.35. The summed E-state index contributed by atoms with van der Waals surface area (Å²) in [6.07, 6.45) is -0.891. The third-order valence-electron chi connectivity index (χ3n) is 4.60. The van der Waals surface area contributed by atoms with Gasteiger partial charge in [-0.05, 0) is 6.92 Å². The number of aliphatic hydroxyl groups excluding tert-OH is 2. The molecule has 0 aliphatic carbocycles. The van der Waals surface area contributed by atoms with Gasteiger partial charge >= 0.3 is 0 Å². The number of fused-ring (bicyclic) bond motifs is 1. The Morgan fingerprint density at radius 3 is 2.88 bits per heavy atom. The fourth-order valence-electron chi connectivity index (χ4n) is 3.16. The Morgan fingerprint density at radius 1 is 1.38 bits per heavy atom. The van der Waals surface area contributed by atoms with E-state index in [1.807, 2.05) is 4.90 Å². The summed E-state index contributed by atoms with van der Waals surface area (Å²) >= 11 is 0. The van der Waals surface area contributed by atoms with Crippen LogP contribution in [-0.4, -0.2) is 77.9 Å². The Balaban J connectivity index is 1.56. The van der Waals surface area contributed by atoms with Crippen molar-refractivity contribution in [1.82, 2.24) is 24.4 Å². The summed E-state index contributed by atoms with van der Waals surface area (Å²) in [5.74, 6) is 0.323. The van der Waals surface area contributed by atoms with Gasteiger partial charge in [0.15, 0.2) is 17.7 Å². The Hall–Kier alpha value is -2.14. The van der Waals surface area contributed by atoms with Crippen molar-refractivity contribution in [3.8, 4) is 0 Å². The minimum atomic E-state index is -1.14. The van der Waals surface area contributed by atoms with Crippen molar-refractivity contribution in [1.29, 1.82) is 0 Å². The van der Waals surface area contributed by atoms with E-state index in [0.29, 0.717) is 24.3 Å². The van der Waals surface area contributed by atoms with E-state index in [9.17, 15) is 15.0 Å². The number of carbonyl (C=O) groups excluding carboxylic acids is 1. The molecule has 2 aliphatic heterocycles. The smallest absolute Gasteiger partial charge is 0.167 e. The number of imidazole rings is 1. The second-order valence-corrected chi connectivity index (χ2v) is 6.21. The molecule has 4 heterocycles. The normalized spacial score (nSPS) is 35.5. The predicted octanol–water partition coefficient (Wildman–Crippen LogP) is -1.70. The molecule has 2 fully saturated rings.